The number of aromatic nitrogens is 2. The van der Waals surface area contributed by atoms with Gasteiger partial charge in [-0.2, -0.15) is 0 Å². The molecule has 0 aliphatic heterocycles. The van der Waals surface area contributed by atoms with Crippen LogP contribution >= 0.6 is 0 Å². The fourth-order valence-corrected chi connectivity index (χ4v) is 1.48. The summed E-state index contributed by atoms with van der Waals surface area (Å²) < 4.78 is 0. The van der Waals surface area contributed by atoms with Crippen molar-refractivity contribution < 1.29 is 0 Å². The van der Waals surface area contributed by atoms with E-state index in [0.717, 1.165) is 30.5 Å². The maximum absolute atomic E-state index is 11.1. The van der Waals surface area contributed by atoms with Crippen LogP contribution in [0.3, 0.4) is 0 Å². The van der Waals surface area contributed by atoms with Crippen molar-refractivity contribution in [2.75, 3.05) is 0 Å². The summed E-state index contributed by atoms with van der Waals surface area (Å²) in [6.07, 6.45) is 2.59. The van der Waals surface area contributed by atoms with E-state index < -0.39 is 5.69 Å². The van der Waals surface area contributed by atoms with Crippen molar-refractivity contribution in [3.63, 3.8) is 0 Å². The number of aromatic amines is 2. The lowest BCUT2D eigenvalue weighted by Crippen LogP contribution is -2.25. The van der Waals surface area contributed by atoms with Crippen molar-refractivity contribution >= 4 is 0 Å². The number of aryl methyl sites for hydroxylation is 1. The van der Waals surface area contributed by atoms with Crippen LogP contribution in [0.25, 0.3) is 0 Å². The van der Waals surface area contributed by atoms with Gasteiger partial charge in [0.1, 0.15) is 0 Å². The van der Waals surface area contributed by atoms with E-state index in [1.54, 1.807) is 0 Å². The molecule has 1 aliphatic rings. The minimum Gasteiger partial charge on any atom is -0.311 e. The van der Waals surface area contributed by atoms with Gasteiger partial charge in [0.05, 0.1) is 0 Å². The van der Waals surface area contributed by atoms with Crippen LogP contribution in [0.2, 0.25) is 0 Å². The van der Waals surface area contributed by atoms with Crippen LogP contribution in [-0.2, 0) is 12.8 Å². The Balaban J connectivity index is 0.000000396. The molecule has 2 N–H and O–H groups in total. The number of hydrogen-bond donors (Lipinski definition) is 2. The maximum Gasteiger partial charge on any atom is 0.325 e. The Morgan fingerprint density at radius 3 is 2.46 bits per heavy atom. The molecule has 0 aromatic carbocycles. The standard InChI is InChI=1S/C7H8N2O2.C2H6/c10-6-4-2-1-3-5(4)8-7(11)9-6;1-2/h1-3H2,(H2,8,9,10,11);1-2H3. The van der Waals surface area contributed by atoms with Gasteiger partial charge in [0.25, 0.3) is 5.56 Å². The zero-order chi connectivity index (χ0) is 9.84. The van der Waals surface area contributed by atoms with Crippen molar-refractivity contribution in [3.8, 4) is 0 Å². The molecule has 0 unspecified atom stereocenters. The summed E-state index contributed by atoms with van der Waals surface area (Å²) in [5.74, 6) is 0. The molecule has 13 heavy (non-hydrogen) atoms. The smallest absolute Gasteiger partial charge is 0.311 e. The van der Waals surface area contributed by atoms with Crippen LogP contribution in [0, 0.1) is 0 Å². The highest BCUT2D eigenvalue weighted by atomic mass is 16.2. The fraction of sp³-hybridized carbons (Fsp3) is 0.556. The molecule has 0 fully saturated rings. The quantitative estimate of drug-likeness (QED) is 0.616. The average molecular weight is 182 g/mol. The zero-order valence-electron chi connectivity index (χ0n) is 7.94. The van der Waals surface area contributed by atoms with E-state index in [4.69, 9.17) is 0 Å². The second kappa shape index (κ2) is 4.07. The van der Waals surface area contributed by atoms with E-state index >= 15 is 0 Å². The highest BCUT2D eigenvalue weighted by molar-refractivity contribution is 5.20. The molecule has 0 radical (unpaired) electrons. The van der Waals surface area contributed by atoms with Gasteiger partial charge in [0, 0.05) is 11.3 Å². The molecule has 4 nitrogen and oxygen atoms in total. The highest BCUT2D eigenvalue weighted by Gasteiger charge is 2.14. The SMILES string of the molecule is CC.O=c1[nH]c2c(c(=O)[nH]1)CCC2. The molecule has 0 atom stereocenters. The predicted molar refractivity (Wildman–Crippen MR) is 51.1 cm³/mol. The van der Waals surface area contributed by atoms with Gasteiger partial charge in [-0.1, -0.05) is 13.8 Å². The van der Waals surface area contributed by atoms with Crippen LogP contribution in [0.5, 0.6) is 0 Å². The van der Waals surface area contributed by atoms with E-state index in [1.165, 1.54) is 0 Å². The molecule has 4 heteroatoms. The maximum atomic E-state index is 11.1. The van der Waals surface area contributed by atoms with Crippen LogP contribution in [0.4, 0.5) is 0 Å². The third-order valence-corrected chi connectivity index (χ3v) is 1.98. The molecule has 1 aromatic heterocycles. The molecular formula is C9H14N2O2. The fourth-order valence-electron chi connectivity index (χ4n) is 1.48. The molecule has 1 aliphatic carbocycles. The number of hydrogen-bond acceptors (Lipinski definition) is 2. The highest BCUT2D eigenvalue weighted by Crippen LogP contribution is 2.13. The van der Waals surface area contributed by atoms with Gasteiger partial charge in [-0.05, 0) is 19.3 Å². The van der Waals surface area contributed by atoms with Crippen molar-refractivity contribution in [1.82, 2.24) is 9.97 Å². The first-order valence-corrected chi connectivity index (χ1v) is 4.62. The molecule has 0 bridgehead atoms. The molecule has 0 saturated heterocycles. The summed E-state index contributed by atoms with van der Waals surface area (Å²) in [7, 11) is 0. The molecule has 1 aromatic rings. The minimum absolute atomic E-state index is 0.221. The lowest BCUT2D eigenvalue weighted by molar-refractivity contribution is 0.895. The third kappa shape index (κ3) is 1.88. The normalized spacial score (nSPS) is 13.1. The van der Waals surface area contributed by atoms with Crippen LogP contribution in [-0.4, -0.2) is 9.97 Å². The second-order valence-corrected chi connectivity index (χ2v) is 2.72. The molecule has 72 valence electrons. The van der Waals surface area contributed by atoms with Gasteiger partial charge in [-0.3, -0.25) is 9.78 Å². The summed E-state index contributed by atoms with van der Waals surface area (Å²) in [4.78, 5) is 26.6. The number of rotatable bonds is 0. The molecule has 0 amide bonds. The van der Waals surface area contributed by atoms with E-state index in [-0.39, 0.29) is 5.56 Å². The molecule has 0 saturated carbocycles. The molecule has 0 spiro atoms. The van der Waals surface area contributed by atoms with Crippen LogP contribution in [0.1, 0.15) is 31.5 Å². The van der Waals surface area contributed by atoms with Crippen molar-refractivity contribution in [3.05, 3.63) is 32.1 Å². The van der Waals surface area contributed by atoms with Crippen LogP contribution in [0.15, 0.2) is 9.59 Å². The lowest BCUT2D eigenvalue weighted by atomic mass is 10.3. The summed E-state index contributed by atoms with van der Waals surface area (Å²) in [6.45, 7) is 4.00. The predicted octanol–water partition coefficient (Wildman–Crippen LogP) is 0.578. The summed E-state index contributed by atoms with van der Waals surface area (Å²) in [5, 5.41) is 0. The number of nitrogens with one attached hydrogen (secondary N) is 2. The lowest BCUT2D eigenvalue weighted by Gasteiger charge is -1.93. The van der Waals surface area contributed by atoms with Gasteiger partial charge < -0.3 is 4.98 Å². The van der Waals surface area contributed by atoms with Gasteiger partial charge >= 0.3 is 5.69 Å². The summed E-state index contributed by atoms with van der Waals surface area (Å²) in [5.41, 5.74) is 0.959. The van der Waals surface area contributed by atoms with Crippen molar-refractivity contribution in [2.24, 2.45) is 0 Å². The third-order valence-electron chi connectivity index (χ3n) is 1.98. The van der Waals surface area contributed by atoms with E-state index in [1.807, 2.05) is 13.8 Å². The Morgan fingerprint density at radius 2 is 1.77 bits per heavy atom. The molecule has 1 heterocycles. The largest absolute Gasteiger partial charge is 0.325 e. The Hall–Kier alpha value is -1.32. The minimum atomic E-state index is -0.393. The monoisotopic (exact) mass is 182 g/mol. The van der Waals surface area contributed by atoms with E-state index in [2.05, 4.69) is 9.97 Å². The summed E-state index contributed by atoms with van der Waals surface area (Å²) in [6, 6.07) is 0. The summed E-state index contributed by atoms with van der Waals surface area (Å²) >= 11 is 0. The van der Waals surface area contributed by atoms with Crippen LogP contribution < -0.4 is 11.2 Å². The molecular weight excluding hydrogens is 168 g/mol. The Kier molecular flexibility index (Phi) is 3.06. The Morgan fingerprint density at radius 1 is 1.08 bits per heavy atom. The second-order valence-electron chi connectivity index (χ2n) is 2.72. The first kappa shape index (κ1) is 9.77. The number of fused-ring (bicyclic) bond motifs is 1. The van der Waals surface area contributed by atoms with Gasteiger partial charge in [-0.15, -0.1) is 0 Å². The van der Waals surface area contributed by atoms with Gasteiger partial charge in [-0.25, -0.2) is 4.79 Å². The molecule has 2 rings (SSSR count). The number of H-pyrrole nitrogens is 2. The Labute approximate surface area is 76.0 Å². The zero-order valence-corrected chi connectivity index (χ0v) is 7.94. The average Bonchev–Trinajstić information content (AvgIpc) is 2.55. The topological polar surface area (TPSA) is 65.7 Å². The van der Waals surface area contributed by atoms with E-state index in [0.29, 0.717) is 0 Å². The Bertz CT molecular complexity index is 389. The van der Waals surface area contributed by atoms with Gasteiger partial charge in [0.15, 0.2) is 0 Å². The van der Waals surface area contributed by atoms with Crippen molar-refractivity contribution in [2.45, 2.75) is 33.1 Å². The van der Waals surface area contributed by atoms with Gasteiger partial charge in [0.2, 0.25) is 0 Å². The first-order valence-electron chi connectivity index (χ1n) is 4.62. The first-order chi connectivity index (χ1) is 6.27. The van der Waals surface area contributed by atoms with Crippen molar-refractivity contribution in [1.29, 1.82) is 0 Å². The van der Waals surface area contributed by atoms with E-state index in [9.17, 15) is 9.59 Å².